The molecule has 0 fully saturated rings. The molecule has 0 aliphatic heterocycles. The molecule has 2 nitrogen and oxygen atoms in total. The number of anilines is 1. The van der Waals surface area contributed by atoms with Crippen LogP contribution in [0.3, 0.4) is 0 Å². The summed E-state index contributed by atoms with van der Waals surface area (Å²) in [5.74, 6) is -0.953. The van der Waals surface area contributed by atoms with Gasteiger partial charge < -0.3 is 10.4 Å². The molecular weight excluding hydrogens is 238 g/mol. The van der Waals surface area contributed by atoms with Crippen molar-refractivity contribution in [2.45, 2.75) is 25.6 Å². The number of halogens is 4. The summed E-state index contributed by atoms with van der Waals surface area (Å²) in [6, 6.07) is 2.30. The standard InChI is InChI=1S/C11H13F4NO/c1-7(17)4-5-16-10-3-2-8(6-9(10)12)11(13,14)15/h2-3,6-7,16-17H,4-5H2,1H3. The van der Waals surface area contributed by atoms with Gasteiger partial charge in [-0.2, -0.15) is 13.2 Å². The molecule has 0 bridgehead atoms. The molecule has 0 saturated heterocycles. The van der Waals surface area contributed by atoms with Crippen molar-refractivity contribution in [1.29, 1.82) is 0 Å². The van der Waals surface area contributed by atoms with Gasteiger partial charge in [-0.25, -0.2) is 4.39 Å². The molecule has 1 aromatic rings. The fourth-order valence-corrected chi connectivity index (χ4v) is 1.25. The summed E-state index contributed by atoms with van der Waals surface area (Å²) >= 11 is 0. The van der Waals surface area contributed by atoms with Crippen LogP contribution >= 0.6 is 0 Å². The average Bonchev–Trinajstić information content (AvgIpc) is 2.18. The predicted molar refractivity (Wildman–Crippen MR) is 56.2 cm³/mol. The summed E-state index contributed by atoms with van der Waals surface area (Å²) in [5, 5.41) is 11.6. The van der Waals surface area contributed by atoms with E-state index in [0.29, 0.717) is 19.0 Å². The van der Waals surface area contributed by atoms with Gasteiger partial charge in [0.15, 0.2) is 0 Å². The maximum absolute atomic E-state index is 13.3. The van der Waals surface area contributed by atoms with Crippen LogP contribution < -0.4 is 5.32 Å². The second-order valence-corrected chi connectivity index (χ2v) is 3.76. The molecule has 1 unspecified atom stereocenters. The molecule has 0 radical (unpaired) electrons. The zero-order chi connectivity index (χ0) is 13.1. The molecule has 0 aliphatic carbocycles. The maximum atomic E-state index is 13.3. The van der Waals surface area contributed by atoms with Crippen LogP contribution in [0.5, 0.6) is 0 Å². The van der Waals surface area contributed by atoms with Gasteiger partial charge in [-0.15, -0.1) is 0 Å². The predicted octanol–water partition coefficient (Wildman–Crippen LogP) is 3.03. The lowest BCUT2D eigenvalue weighted by atomic mass is 10.2. The van der Waals surface area contributed by atoms with Crippen molar-refractivity contribution in [3.05, 3.63) is 29.6 Å². The van der Waals surface area contributed by atoms with E-state index in [2.05, 4.69) is 5.32 Å². The quantitative estimate of drug-likeness (QED) is 0.806. The Hall–Kier alpha value is -1.30. The van der Waals surface area contributed by atoms with E-state index in [1.165, 1.54) is 0 Å². The van der Waals surface area contributed by atoms with Crippen LogP contribution in [0, 0.1) is 5.82 Å². The molecular formula is C11H13F4NO. The smallest absolute Gasteiger partial charge is 0.393 e. The number of hydrogen-bond donors (Lipinski definition) is 2. The van der Waals surface area contributed by atoms with Crippen molar-refractivity contribution in [3.8, 4) is 0 Å². The lowest BCUT2D eigenvalue weighted by Gasteiger charge is -2.11. The molecule has 0 aromatic heterocycles. The number of hydrogen-bond acceptors (Lipinski definition) is 2. The highest BCUT2D eigenvalue weighted by Crippen LogP contribution is 2.31. The Bertz CT molecular complexity index is 376. The summed E-state index contributed by atoms with van der Waals surface area (Å²) in [4.78, 5) is 0. The number of alkyl halides is 3. The summed E-state index contributed by atoms with van der Waals surface area (Å²) in [6.07, 6.45) is -4.69. The van der Waals surface area contributed by atoms with E-state index in [1.54, 1.807) is 6.92 Å². The van der Waals surface area contributed by atoms with Gasteiger partial charge in [0.05, 0.1) is 17.4 Å². The zero-order valence-corrected chi connectivity index (χ0v) is 9.18. The van der Waals surface area contributed by atoms with Crippen LogP contribution in [0.25, 0.3) is 0 Å². The highest BCUT2D eigenvalue weighted by atomic mass is 19.4. The maximum Gasteiger partial charge on any atom is 0.416 e. The topological polar surface area (TPSA) is 32.3 Å². The van der Waals surface area contributed by atoms with E-state index in [9.17, 15) is 17.6 Å². The molecule has 0 amide bonds. The summed E-state index contributed by atoms with van der Waals surface area (Å²) in [7, 11) is 0. The second kappa shape index (κ2) is 5.35. The van der Waals surface area contributed by atoms with E-state index in [1.807, 2.05) is 0 Å². The Kier molecular flexibility index (Phi) is 4.34. The van der Waals surface area contributed by atoms with E-state index in [0.717, 1.165) is 12.1 Å². The SMILES string of the molecule is CC(O)CCNc1ccc(C(F)(F)F)cc1F. The number of nitrogens with one attached hydrogen (secondary N) is 1. The molecule has 0 heterocycles. The molecule has 0 aliphatic rings. The van der Waals surface area contributed by atoms with Gasteiger partial charge in [0.1, 0.15) is 5.82 Å². The lowest BCUT2D eigenvalue weighted by molar-refractivity contribution is -0.137. The monoisotopic (exact) mass is 251 g/mol. The fraction of sp³-hybridized carbons (Fsp3) is 0.455. The zero-order valence-electron chi connectivity index (χ0n) is 9.18. The average molecular weight is 251 g/mol. The Morgan fingerprint density at radius 1 is 1.35 bits per heavy atom. The third-order valence-corrected chi connectivity index (χ3v) is 2.17. The first-order chi connectivity index (χ1) is 7.80. The van der Waals surface area contributed by atoms with Crippen LogP contribution in [0.15, 0.2) is 18.2 Å². The number of benzene rings is 1. The first kappa shape index (κ1) is 13.8. The van der Waals surface area contributed by atoms with Crippen molar-refractivity contribution < 1.29 is 22.7 Å². The van der Waals surface area contributed by atoms with Crippen molar-refractivity contribution in [2.24, 2.45) is 0 Å². The number of aliphatic hydroxyl groups excluding tert-OH is 1. The summed E-state index contributed by atoms with van der Waals surface area (Å²) in [6.45, 7) is 1.87. The van der Waals surface area contributed by atoms with Gasteiger partial charge in [0.2, 0.25) is 0 Å². The highest BCUT2D eigenvalue weighted by Gasteiger charge is 2.31. The Morgan fingerprint density at radius 2 is 2.00 bits per heavy atom. The summed E-state index contributed by atoms with van der Waals surface area (Å²) in [5.41, 5.74) is -1.02. The van der Waals surface area contributed by atoms with Crippen LogP contribution in [-0.2, 0) is 6.18 Å². The van der Waals surface area contributed by atoms with Crippen LogP contribution in [0.1, 0.15) is 18.9 Å². The fourth-order valence-electron chi connectivity index (χ4n) is 1.25. The Balaban J connectivity index is 2.70. The van der Waals surface area contributed by atoms with E-state index >= 15 is 0 Å². The molecule has 0 spiro atoms. The third kappa shape index (κ3) is 4.22. The summed E-state index contributed by atoms with van der Waals surface area (Å²) < 4.78 is 50.0. The molecule has 1 aromatic carbocycles. The normalized spacial score (nSPS) is 13.5. The van der Waals surface area contributed by atoms with Crippen molar-refractivity contribution in [1.82, 2.24) is 0 Å². The molecule has 0 saturated carbocycles. The van der Waals surface area contributed by atoms with E-state index in [4.69, 9.17) is 5.11 Å². The van der Waals surface area contributed by atoms with Gasteiger partial charge in [-0.05, 0) is 31.5 Å². The van der Waals surface area contributed by atoms with Gasteiger partial charge in [-0.3, -0.25) is 0 Å². The minimum Gasteiger partial charge on any atom is -0.393 e. The van der Waals surface area contributed by atoms with Crippen LogP contribution in [0.2, 0.25) is 0 Å². The number of aliphatic hydroxyl groups is 1. The van der Waals surface area contributed by atoms with Gasteiger partial charge >= 0.3 is 6.18 Å². The van der Waals surface area contributed by atoms with E-state index in [-0.39, 0.29) is 5.69 Å². The molecule has 2 N–H and O–H groups in total. The van der Waals surface area contributed by atoms with Gasteiger partial charge in [0.25, 0.3) is 0 Å². The second-order valence-electron chi connectivity index (χ2n) is 3.76. The van der Waals surface area contributed by atoms with Gasteiger partial charge in [-0.1, -0.05) is 0 Å². The molecule has 6 heteroatoms. The Morgan fingerprint density at radius 3 is 2.47 bits per heavy atom. The minimum absolute atomic E-state index is 0.00125. The first-order valence-electron chi connectivity index (χ1n) is 5.09. The third-order valence-electron chi connectivity index (χ3n) is 2.17. The highest BCUT2D eigenvalue weighted by molar-refractivity contribution is 5.46. The number of rotatable bonds is 4. The van der Waals surface area contributed by atoms with Crippen molar-refractivity contribution >= 4 is 5.69 Å². The van der Waals surface area contributed by atoms with Crippen molar-refractivity contribution in [2.75, 3.05) is 11.9 Å². The van der Waals surface area contributed by atoms with Crippen LogP contribution in [0.4, 0.5) is 23.2 Å². The van der Waals surface area contributed by atoms with E-state index < -0.39 is 23.7 Å². The Labute approximate surface area is 96.3 Å². The molecule has 1 rings (SSSR count). The first-order valence-corrected chi connectivity index (χ1v) is 5.09. The van der Waals surface area contributed by atoms with Crippen molar-refractivity contribution in [3.63, 3.8) is 0 Å². The minimum atomic E-state index is -4.54. The molecule has 17 heavy (non-hydrogen) atoms. The molecule has 1 atom stereocenters. The van der Waals surface area contributed by atoms with Crippen LogP contribution in [-0.4, -0.2) is 17.8 Å². The lowest BCUT2D eigenvalue weighted by Crippen LogP contribution is -2.11. The molecule has 96 valence electrons. The largest absolute Gasteiger partial charge is 0.416 e. The van der Waals surface area contributed by atoms with Gasteiger partial charge in [0, 0.05) is 6.54 Å².